The lowest BCUT2D eigenvalue weighted by Crippen LogP contribution is -1.95. The predicted octanol–water partition coefficient (Wildman–Crippen LogP) is 12.3. The minimum absolute atomic E-state index is 0.599. The molecule has 7 aromatic carbocycles. The maximum absolute atomic E-state index is 6.36. The average Bonchev–Trinajstić information content (AvgIpc) is 3.69. The highest BCUT2D eigenvalue weighted by molar-refractivity contribution is 6.21. The number of hydrogen-bond donors (Lipinski definition) is 0. The van der Waals surface area contributed by atoms with E-state index in [1.165, 1.54) is 0 Å². The first-order valence-electron chi connectivity index (χ1n) is 17.6. The van der Waals surface area contributed by atoms with Crippen LogP contribution in [-0.4, -0.2) is 19.9 Å². The molecule has 0 aliphatic rings. The van der Waals surface area contributed by atoms with Crippen LogP contribution in [0.3, 0.4) is 0 Å². The van der Waals surface area contributed by atoms with Crippen molar-refractivity contribution in [2.24, 2.45) is 0 Å². The number of pyridine rings is 1. The summed E-state index contributed by atoms with van der Waals surface area (Å²) in [6, 6.07) is 62.1. The summed E-state index contributed by atoms with van der Waals surface area (Å²) in [6.45, 7) is 0. The first kappa shape index (κ1) is 30.6. The SMILES string of the molecule is c1ccc(-c2cc(-c3ccc(-c4ccc5nc(-c6ccccc6)c6ccc7oc(-c8ccccc8)nc7c6c5c4)cc3)nc(-c3ccccc3)n2)cc1. The van der Waals surface area contributed by atoms with Gasteiger partial charge in [0.15, 0.2) is 11.4 Å². The Morgan fingerprint density at radius 1 is 0.358 bits per heavy atom. The van der Waals surface area contributed by atoms with Gasteiger partial charge in [0.2, 0.25) is 5.89 Å². The van der Waals surface area contributed by atoms with E-state index in [0.29, 0.717) is 11.7 Å². The number of aromatic nitrogens is 4. The first-order chi connectivity index (χ1) is 26.2. The minimum Gasteiger partial charge on any atom is -0.436 e. The topological polar surface area (TPSA) is 64.7 Å². The maximum Gasteiger partial charge on any atom is 0.227 e. The summed E-state index contributed by atoms with van der Waals surface area (Å²) in [4.78, 5) is 20.3. The van der Waals surface area contributed by atoms with Gasteiger partial charge < -0.3 is 4.42 Å². The lowest BCUT2D eigenvalue weighted by Gasteiger charge is -2.12. The first-order valence-corrected chi connectivity index (χ1v) is 17.6. The van der Waals surface area contributed by atoms with E-state index in [2.05, 4.69) is 78.9 Å². The summed E-state index contributed by atoms with van der Waals surface area (Å²) in [6.07, 6.45) is 0. The van der Waals surface area contributed by atoms with Crippen molar-refractivity contribution in [3.05, 3.63) is 182 Å². The van der Waals surface area contributed by atoms with Gasteiger partial charge in [0.25, 0.3) is 0 Å². The average molecular weight is 679 g/mol. The normalized spacial score (nSPS) is 11.4. The Hall–Kier alpha value is -7.24. The fraction of sp³-hybridized carbons (Fsp3) is 0. The summed E-state index contributed by atoms with van der Waals surface area (Å²) in [5.74, 6) is 1.30. The van der Waals surface area contributed by atoms with Gasteiger partial charge in [0.05, 0.1) is 22.6 Å². The second-order valence-electron chi connectivity index (χ2n) is 13.0. The number of benzene rings is 7. The Morgan fingerprint density at radius 3 is 1.57 bits per heavy atom. The van der Waals surface area contributed by atoms with Crippen LogP contribution in [0.4, 0.5) is 0 Å². The molecule has 53 heavy (non-hydrogen) atoms. The molecule has 10 rings (SSSR count). The van der Waals surface area contributed by atoms with E-state index >= 15 is 0 Å². The molecule has 248 valence electrons. The highest BCUT2D eigenvalue weighted by Crippen LogP contribution is 2.40. The van der Waals surface area contributed by atoms with E-state index < -0.39 is 0 Å². The highest BCUT2D eigenvalue weighted by Gasteiger charge is 2.18. The summed E-state index contributed by atoms with van der Waals surface area (Å²) < 4.78 is 6.36. The van der Waals surface area contributed by atoms with E-state index in [4.69, 9.17) is 24.4 Å². The van der Waals surface area contributed by atoms with Gasteiger partial charge in [-0.2, -0.15) is 0 Å². The van der Waals surface area contributed by atoms with Crippen LogP contribution in [-0.2, 0) is 0 Å². The highest BCUT2D eigenvalue weighted by atomic mass is 16.3. The number of hydrogen-bond acceptors (Lipinski definition) is 5. The third-order valence-corrected chi connectivity index (χ3v) is 9.72. The molecule has 5 nitrogen and oxygen atoms in total. The maximum atomic E-state index is 6.36. The predicted molar refractivity (Wildman–Crippen MR) is 215 cm³/mol. The van der Waals surface area contributed by atoms with Crippen LogP contribution in [0.15, 0.2) is 186 Å². The van der Waals surface area contributed by atoms with E-state index in [1.54, 1.807) is 0 Å². The second kappa shape index (κ2) is 12.8. The van der Waals surface area contributed by atoms with Crippen molar-refractivity contribution in [2.45, 2.75) is 0 Å². The van der Waals surface area contributed by atoms with Crippen LogP contribution < -0.4 is 0 Å². The Morgan fingerprint density at radius 2 is 0.906 bits per heavy atom. The zero-order valence-corrected chi connectivity index (χ0v) is 28.5. The molecule has 0 saturated heterocycles. The lowest BCUT2D eigenvalue weighted by atomic mass is 9.96. The van der Waals surface area contributed by atoms with Crippen LogP contribution >= 0.6 is 0 Å². The number of oxazole rings is 1. The molecule has 0 aliphatic carbocycles. The van der Waals surface area contributed by atoms with Gasteiger partial charge >= 0.3 is 0 Å². The van der Waals surface area contributed by atoms with Crippen LogP contribution in [0.5, 0.6) is 0 Å². The van der Waals surface area contributed by atoms with Crippen molar-refractivity contribution in [3.63, 3.8) is 0 Å². The van der Waals surface area contributed by atoms with Crippen LogP contribution in [0, 0.1) is 0 Å². The van der Waals surface area contributed by atoms with E-state index in [1.807, 2.05) is 103 Å². The molecule has 10 aromatic rings. The standard InChI is InChI=1S/C48H30N4O/c1-5-13-32(14-6-1)41-30-42(51-47(50-41)35-17-9-3-10-18-35)33-23-21-31(22-24-33)37-25-27-40-39(29-37)44-38(45(49-40)34-15-7-2-8-16-34)26-28-43-46(44)52-48(53-43)36-19-11-4-12-20-36/h1-30H. The zero-order valence-electron chi connectivity index (χ0n) is 28.5. The van der Waals surface area contributed by atoms with Crippen LogP contribution in [0.1, 0.15) is 0 Å². The molecular formula is C48H30N4O. The Balaban J connectivity index is 1.11. The van der Waals surface area contributed by atoms with Gasteiger partial charge in [-0.05, 0) is 53.6 Å². The molecule has 3 aromatic heterocycles. The van der Waals surface area contributed by atoms with Crippen molar-refractivity contribution in [2.75, 3.05) is 0 Å². The number of nitrogens with zero attached hydrogens (tertiary/aromatic N) is 4. The van der Waals surface area contributed by atoms with Gasteiger partial charge in [0.1, 0.15) is 5.52 Å². The van der Waals surface area contributed by atoms with Gasteiger partial charge in [-0.1, -0.05) is 140 Å². The lowest BCUT2D eigenvalue weighted by molar-refractivity contribution is 0.620. The van der Waals surface area contributed by atoms with Crippen molar-refractivity contribution in [1.29, 1.82) is 0 Å². The molecular weight excluding hydrogens is 649 g/mol. The molecule has 0 fully saturated rings. The second-order valence-corrected chi connectivity index (χ2v) is 13.0. The molecule has 0 aliphatic heterocycles. The molecule has 0 N–H and O–H groups in total. The van der Waals surface area contributed by atoms with Gasteiger partial charge in [0, 0.05) is 44.0 Å². The Kier molecular flexibility index (Phi) is 7.40. The molecule has 0 bridgehead atoms. The molecule has 3 heterocycles. The summed E-state index contributed by atoms with van der Waals surface area (Å²) in [7, 11) is 0. The molecule has 0 spiro atoms. The van der Waals surface area contributed by atoms with Crippen LogP contribution in [0.25, 0.3) is 101 Å². The summed E-state index contributed by atoms with van der Waals surface area (Å²) >= 11 is 0. The van der Waals surface area contributed by atoms with Crippen molar-refractivity contribution < 1.29 is 4.42 Å². The van der Waals surface area contributed by atoms with Gasteiger partial charge in [-0.15, -0.1) is 0 Å². The molecule has 0 atom stereocenters. The molecule has 0 amide bonds. The zero-order chi connectivity index (χ0) is 35.1. The molecule has 0 saturated carbocycles. The smallest absolute Gasteiger partial charge is 0.227 e. The quantitative estimate of drug-likeness (QED) is 0.164. The Labute approximate surface area is 305 Å². The number of fused-ring (bicyclic) bond motifs is 5. The van der Waals surface area contributed by atoms with Gasteiger partial charge in [-0.25, -0.2) is 19.9 Å². The summed E-state index contributed by atoms with van der Waals surface area (Å²) in [5, 5.41) is 3.08. The van der Waals surface area contributed by atoms with Gasteiger partial charge in [-0.3, -0.25) is 0 Å². The minimum atomic E-state index is 0.599. The molecule has 5 heteroatoms. The molecule has 0 unspecified atom stereocenters. The monoisotopic (exact) mass is 678 g/mol. The third kappa shape index (κ3) is 5.61. The van der Waals surface area contributed by atoms with E-state index in [0.717, 1.165) is 88.8 Å². The van der Waals surface area contributed by atoms with E-state index in [9.17, 15) is 0 Å². The summed E-state index contributed by atoms with van der Waals surface area (Å²) in [5.41, 5.74) is 12.4. The number of rotatable bonds is 6. The van der Waals surface area contributed by atoms with E-state index in [-0.39, 0.29) is 0 Å². The van der Waals surface area contributed by atoms with Crippen molar-refractivity contribution in [3.8, 4) is 67.7 Å². The fourth-order valence-electron chi connectivity index (χ4n) is 7.08. The fourth-order valence-corrected chi connectivity index (χ4v) is 7.08. The molecule has 0 radical (unpaired) electrons. The third-order valence-electron chi connectivity index (χ3n) is 9.72. The van der Waals surface area contributed by atoms with Crippen LogP contribution in [0.2, 0.25) is 0 Å². The largest absolute Gasteiger partial charge is 0.436 e. The Bertz CT molecular complexity index is 2850. The van der Waals surface area contributed by atoms with Crippen molar-refractivity contribution >= 4 is 32.8 Å². The van der Waals surface area contributed by atoms with Crippen molar-refractivity contribution in [1.82, 2.24) is 19.9 Å².